The molecule has 1 heterocycles. The van der Waals surface area contributed by atoms with Crippen LogP contribution in [0.4, 0.5) is 5.69 Å². The van der Waals surface area contributed by atoms with Gasteiger partial charge in [0.1, 0.15) is 6.04 Å². The van der Waals surface area contributed by atoms with E-state index in [0.717, 1.165) is 16.5 Å². The lowest BCUT2D eigenvalue weighted by molar-refractivity contribution is -0.147. The molecule has 1 saturated heterocycles. The van der Waals surface area contributed by atoms with Crippen molar-refractivity contribution in [1.82, 2.24) is 4.90 Å². The van der Waals surface area contributed by atoms with Crippen LogP contribution < -0.4 is 5.32 Å². The summed E-state index contributed by atoms with van der Waals surface area (Å²) in [7, 11) is 0. The lowest BCUT2D eigenvalue weighted by Gasteiger charge is -2.27. The van der Waals surface area contributed by atoms with E-state index in [4.69, 9.17) is 11.6 Å². The highest BCUT2D eigenvalue weighted by Crippen LogP contribution is 2.53. The fraction of sp³-hybridized carbons (Fsp3) is 0.292. The van der Waals surface area contributed by atoms with Crippen LogP contribution in [0.2, 0.25) is 5.02 Å². The van der Waals surface area contributed by atoms with Crippen molar-refractivity contribution in [3.8, 4) is 0 Å². The minimum Gasteiger partial charge on any atom is -0.323 e. The number of anilines is 1. The molecule has 5 rings (SSSR count). The van der Waals surface area contributed by atoms with Gasteiger partial charge in [0.15, 0.2) is 0 Å². The molecule has 3 aliphatic rings. The monoisotopic (exact) mass is 498 g/mol. The van der Waals surface area contributed by atoms with Crippen LogP contribution in [0.3, 0.4) is 0 Å². The summed E-state index contributed by atoms with van der Waals surface area (Å²) in [5.41, 5.74) is 1.32. The van der Waals surface area contributed by atoms with E-state index in [1.54, 1.807) is 18.2 Å². The maximum Gasteiger partial charge on any atom is 0.248 e. The first-order valence-corrected chi connectivity index (χ1v) is 11.5. The maximum atomic E-state index is 13.4. The zero-order chi connectivity index (χ0) is 21.7. The number of hydrogen-bond donors (Lipinski definition) is 1. The minimum absolute atomic E-state index is 0.0952. The van der Waals surface area contributed by atoms with Crippen LogP contribution in [0.1, 0.15) is 12.0 Å². The van der Waals surface area contributed by atoms with Crippen LogP contribution >= 0.6 is 27.5 Å². The Hall–Kier alpha value is -2.44. The van der Waals surface area contributed by atoms with Gasteiger partial charge in [-0.15, -0.1) is 0 Å². The molecule has 2 aliphatic carbocycles. The van der Waals surface area contributed by atoms with E-state index in [9.17, 15) is 14.4 Å². The fourth-order valence-electron chi connectivity index (χ4n) is 5.18. The molecule has 2 aromatic carbocycles. The Balaban J connectivity index is 1.47. The summed E-state index contributed by atoms with van der Waals surface area (Å²) in [6.45, 7) is 0. The predicted molar refractivity (Wildman–Crippen MR) is 121 cm³/mol. The van der Waals surface area contributed by atoms with Crippen LogP contribution in [0.25, 0.3) is 0 Å². The summed E-state index contributed by atoms with van der Waals surface area (Å²) < 4.78 is 0.789. The zero-order valence-electron chi connectivity index (χ0n) is 16.5. The average molecular weight is 500 g/mol. The molecule has 2 bridgehead atoms. The van der Waals surface area contributed by atoms with Crippen molar-refractivity contribution in [2.75, 3.05) is 5.32 Å². The largest absolute Gasteiger partial charge is 0.323 e. The number of imide groups is 1. The van der Waals surface area contributed by atoms with Crippen molar-refractivity contribution in [2.45, 2.75) is 18.9 Å². The van der Waals surface area contributed by atoms with Crippen LogP contribution in [-0.4, -0.2) is 28.7 Å². The van der Waals surface area contributed by atoms with Crippen LogP contribution in [0.15, 0.2) is 65.2 Å². The van der Waals surface area contributed by atoms with Gasteiger partial charge in [-0.2, -0.15) is 0 Å². The molecule has 2 aromatic rings. The van der Waals surface area contributed by atoms with Gasteiger partial charge in [0.25, 0.3) is 0 Å². The standard InChI is InChI=1S/C24H20BrClN2O3/c25-16-8-9-18(17(26)12-16)27-22(29)19(10-13-4-2-1-3-5-13)28-23(30)20-14-6-7-15(11-14)21(20)24(28)31/h1-9,12,14-15,19-21H,10-11H2,(H,27,29)/t14-,15-,19-,20+,21+/m0/s1. The van der Waals surface area contributed by atoms with Gasteiger partial charge in [-0.1, -0.05) is 70.0 Å². The third-order valence-electron chi connectivity index (χ3n) is 6.58. The molecule has 3 amide bonds. The molecular formula is C24H20BrClN2O3. The number of benzene rings is 2. The molecular weight excluding hydrogens is 480 g/mol. The van der Waals surface area contributed by atoms with Gasteiger partial charge < -0.3 is 5.32 Å². The van der Waals surface area contributed by atoms with Crippen molar-refractivity contribution in [3.05, 3.63) is 75.7 Å². The second-order valence-corrected chi connectivity index (χ2v) is 9.69. The molecule has 7 heteroatoms. The fourth-order valence-corrected chi connectivity index (χ4v) is 5.90. The number of halogens is 2. The van der Waals surface area contributed by atoms with E-state index in [2.05, 4.69) is 21.2 Å². The molecule has 5 nitrogen and oxygen atoms in total. The lowest BCUT2D eigenvalue weighted by Crippen LogP contribution is -2.49. The molecule has 1 aliphatic heterocycles. The Morgan fingerprint density at radius 3 is 2.32 bits per heavy atom. The molecule has 0 aromatic heterocycles. The Kier molecular flexibility index (Phi) is 5.22. The number of likely N-dealkylation sites (tertiary alicyclic amines) is 1. The molecule has 5 atom stereocenters. The Morgan fingerprint density at radius 1 is 1.06 bits per heavy atom. The number of amides is 3. The van der Waals surface area contributed by atoms with Gasteiger partial charge in [-0.25, -0.2) is 0 Å². The third kappa shape index (κ3) is 3.52. The molecule has 0 spiro atoms. The third-order valence-corrected chi connectivity index (χ3v) is 7.39. The minimum atomic E-state index is -0.938. The predicted octanol–water partition coefficient (Wildman–Crippen LogP) is 4.46. The number of carbonyl (C=O) groups excluding carboxylic acids is 3. The van der Waals surface area contributed by atoms with E-state index in [-0.39, 0.29) is 41.9 Å². The van der Waals surface area contributed by atoms with Crippen LogP contribution in [0.5, 0.6) is 0 Å². The quantitative estimate of drug-likeness (QED) is 0.488. The number of nitrogens with one attached hydrogen (secondary N) is 1. The first-order chi connectivity index (χ1) is 14.9. The number of allylic oxidation sites excluding steroid dienone is 2. The van der Waals surface area contributed by atoms with Gasteiger partial charge in [0, 0.05) is 10.9 Å². The summed E-state index contributed by atoms with van der Waals surface area (Å²) in [6, 6.07) is 13.6. The van der Waals surface area contributed by atoms with Crippen molar-refractivity contribution >= 4 is 50.9 Å². The molecule has 1 saturated carbocycles. The topological polar surface area (TPSA) is 66.5 Å². The molecule has 158 valence electrons. The van der Waals surface area contributed by atoms with Crippen molar-refractivity contribution in [1.29, 1.82) is 0 Å². The van der Waals surface area contributed by atoms with E-state index in [1.807, 2.05) is 42.5 Å². The summed E-state index contributed by atoms with van der Waals surface area (Å²) in [5, 5.41) is 3.20. The molecule has 31 heavy (non-hydrogen) atoms. The number of carbonyl (C=O) groups is 3. The second kappa shape index (κ2) is 7.92. The van der Waals surface area contributed by atoms with Crippen LogP contribution in [-0.2, 0) is 20.8 Å². The Bertz CT molecular complexity index is 1070. The van der Waals surface area contributed by atoms with E-state index in [0.29, 0.717) is 10.7 Å². The average Bonchev–Trinajstić information content (AvgIpc) is 3.43. The van der Waals surface area contributed by atoms with Gasteiger partial charge >= 0.3 is 0 Å². The zero-order valence-corrected chi connectivity index (χ0v) is 18.8. The highest BCUT2D eigenvalue weighted by atomic mass is 79.9. The van der Waals surface area contributed by atoms with Gasteiger partial charge in [0.05, 0.1) is 22.5 Å². The van der Waals surface area contributed by atoms with E-state index < -0.39 is 11.9 Å². The van der Waals surface area contributed by atoms with Crippen molar-refractivity contribution in [3.63, 3.8) is 0 Å². The number of fused-ring (bicyclic) bond motifs is 5. The van der Waals surface area contributed by atoms with Gasteiger partial charge in [-0.05, 0) is 42.0 Å². The van der Waals surface area contributed by atoms with Crippen molar-refractivity contribution < 1.29 is 14.4 Å². The summed E-state index contributed by atoms with van der Waals surface area (Å²) in [4.78, 5) is 41.3. The summed E-state index contributed by atoms with van der Waals surface area (Å²) in [5.74, 6) is -1.38. The number of hydrogen-bond acceptors (Lipinski definition) is 3. The number of nitrogens with zero attached hydrogens (tertiary/aromatic N) is 1. The highest BCUT2D eigenvalue weighted by molar-refractivity contribution is 9.10. The highest BCUT2D eigenvalue weighted by Gasteiger charge is 2.61. The summed E-state index contributed by atoms with van der Waals surface area (Å²) >= 11 is 9.63. The summed E-state index contributed by atoms with van der Waals surface area (Å²) in [6.07, 6.45) is 5.20. The maximum absolute atomic E-state index is 13.4. The molecule has 1 N–H and O–H groups in total. The van der Waals surface area contributed by atoms with E-state index >= 15 is 0 Å². The molecule has 0 unspecified atom stereocenters. The van der Waals surface area contributed by atoms with Gasteiger partial charge in [-0.3, -0.25) is 19.3 Å². The first kappa shape index (κ1) is 20.5. The Morgan fingerprint density at radius 2 is 1.71 bits per heavy atom. The molecule has 2 fully saturated rings. The van der Waals surface area contributed by atoms with E-state index in [1.165, 1.54) is 4.90 Å². The SMILES string of the molecule is O=C(Nc1ccc(Br)cc1Cl)[C@H](Cc1ccccc1)N1C(=O)[C@H]2[C@H](C1=O)[C@H]1C=C[C@H]2C1. The number of rotatable bonds is 5. The van der Waals surface area contributed by atoms with Crippen molar-refractivity contribution in [2.24, 2.45) is 23.7 Å². The Labute approximate surface area is 193 Å². The van der Waals surface area contributed by atoms with Crippen LogP contribution in [0, 0.1) is 23.7 Å². The first-order valence-electron chi connectivity index (χ1n) is 10.3. The smallest absolute Gasteiger partial charge is 0.248 e. The molecule has 0 radical (unpaired) electrons. The second-order valence-electron chi connectivity index (χ2n) is 8.37. The van der Waals surface area contributed by atoms with Gasteiger partial charge in [0.2, 0.25) is 17.7 Å². The lowest BCUT2D eigenvalue weighted by atomic mass is 9.85. The normalized spacial score (nSPS) is 27.0.